The number of halogens is 1. The number of ether oxygens (including phenoxy) is 1. The van der Waals surface area contributed by atoms with Gasteiger partial charge in [-0.1, -0.05) is 0 Å². The van der Waals surface area contributed by atoms with E-state index in [-0.39, 0.29) is 10.5 Å². The Morgan fingerprint density at radius 2 is 2.12 bits per heavy atom. The predicted molar refractivity (Wildman–Crippen MR) is 64.0 cm³/mol. The average molecular weight is 278 g/mol. The third-order valence-corrected chi connectivity index (χ3v) is 3.36. The molecule has 17 heavy (non-hydrogen) atoms. The van der Waals surface area contributed by atoms with Crippen molar-refractivity contribution in [1.29, 1.82) is 0 Å². The van der Waals surface area contributed by atoms with Gasteiger partial charge < -0.3 is 10.1 Å². The molecule has 1 aromatic rings. The highest BCUT2D eigenvalue weighted by atomic mass is 35.7. The van der Waals surface area contributed by atoms with Crippen LogP contribution in [-0.4, -0.2) is 28.0 Å². The van der Waals surface area contributed by atoms with Crippen LogP contribution >= 0.6 is 10.7 Å². The van der Waals surface area contributed by atoms with E-state index in [0.717, 1.165) is 0 Å². The van der Waals surface area contributed by atoms with Gasteiger partial charge in [0, 0.05) is 17.7 Å². The Labute approximate surface area is 104 Å². The largest absolute Gasteiger partial charge is 0.493 e. The smallest absolute Gasteiger partial charge is 0.261 e. The lowest BCUT2D eigenvalue weighted by molar-refractivity contribution is 0.0959. The van der Waals surface area contributed by atoms with E-state index in [1.54, 1.807) is 6.92 Å². The molecular formula is C10H12ClNO4S. The van der Waals surface area contributed by atoms with Crippen molar-refractivity contribution < 1.29 is 17.9 Å². The van der Waals surface area contributed by atoms with Crippen molar-refractivity contribution in [2.45, 2.75) is 11.8 Å². The minimum absolute atomic E-state index is 0.135. The number of hydrogen-bond donors (Lipinski definition) is 1. The van der Waals surface area contributed by atoms with E-state index < -0.39 is 15.0 Å². The fourth-order valence-electron chi connectivity index (χ4n) is 1.25. The molecule has 5 nitrogen and oxygen atoms in total. The van der Waals surface area contributed by atoms with E-state index >= 15 is 0 Å². The van der Waals surface area contributed by atoms with Crippen molar-refractivity contribution in [3.8, 4) is 5.75 Å². The number of hydrogen-bond acceptors (Lipinski definition) is 4. The predicted octanol–water partition coefficient (Wildman–Crippen LogP) is 1.37. The summed E-state index contributed by atoms with van der Waals surface area (Å²) in [6, 6.07) is 3.88. The fraction of sp³-hybridized carbons (Fsp3) is 0.300. The van der Waals surface area contributed by atoms with Crippen molar-refractivity contribution in [1.82, 2.24) is 5.32 Å². The molecule has 0 atom stereocenters. The summed E-state index contributed by atoms with van der Waals surface area (Å²) in [5, 5.41) is 2.40. The van der Waals surface area contributed by atoms with Crippen molar-refractivity contribution in [3.63, 3.8) is 0 Å². The summed E-state index contributed by atoms with van der Waals surface area (Å²) >= 11 is 0. The van der Waals surface area contributed by atoms with Gasteiger partial charge in [-0.05, 0) is 25.1 Å². The highest BCUT2D eigenvalue weighted by molar-refractivity contribution is 8.13. The molecule has 1 N–H and O–H groups in total. The highest BCUT2D eigenvalue weighted by Gasteiger charge is 2.17. The van der Waals surface area contributed by atoms with Gasteiger partial charge in [0.05, 0.1) is 17.1 Å². The van der Waals surface area contributed by atoms with Crippen LogP contribution in [0.25, 0.3) is 0 Å². The maximum atomic E-state index is 11.6. The van der Waals surface area contributed by atoms with Gasteiger partial charge in [-0.25, -0.2) is 8.42 Å². The Hall–Kier alpha value is -1.27. The molecule has 0 fully saturated rings. The topological polar surface area (TPSA) is 72.5 Å². The molecule has 0 unspecified atom stereocenters. The lowest BCUT2D eigenvalue weighted by Gasteiger charge is -2.09. The molecule has 1 rings (SSSR count). The molecule has 0 heterocycles. The number of amides is 1. The third kappa shape index (κ3) is 3.34. The van der Waals surface area contributed by atoms with Crippen LogP contribution in [0.4, 0.5) is 0 Å². The van der Waals surface area contributed by atoms with E-state index in [1.807, 2.05) is 0 Å². The lowest BCUT2D eigenvalue weighted by atomic mass is 10.2. The first kappa shape index (κ1) is 13.8. The van der Waals surface area contributed by atoms with Crippen molar-refractivity contribution in [2.75, 3.05) is 13.7 Å². The maximum Gasteiger partial charge on any atom is 0.261 e. The summed E-state index contributed by atoms with van der Waals surface area (Å²) in [5.41, 5.74) is 0.135. The Kier molecular flexibility index (Phi) is 4.36. The summed E-state index contributed by atoms with van der Waals surface area (Å²) in [6.45, 7) is 2.14. The van der Waals surface area contributed by atoms with E-state index in [9.17, 15) is 13.2 Å². The lowest BCUT2D eigenvalue weighted by Crippen LogP contribution is -2.19. The van der Waals surface area contributed by atoms with E-state index in [2.05, 4.69) is 5.32 Å². The van der Waals surface area contributed by atoms with Gasteiger partial charge in [0.2, 0.25) is 0 Å². The van der Waals surface area contributed by atoms with Crippen LogP contribution in [0.5, 0.6) is 5.75 Å². The molecule has 1 amide bonds. The van der Waals surface area contributed by atoms with Crippen LogP contribution < -0.4 is 10.1 Å². The summed E-state index contributed by atoms with van der Waals surface area (Å²) in [6.07, 6.45) is 0. The molecule has 7 heteroatoms. The third-order valence-electron chi connectivity index (χ3n) is 2.00. The number of carbonyl (C=O) groups is 1. The quantitative estimate of drug-likeness (QED) is 0.844. The minimum Gasteiger partial charge on any atom is -0.493 e. The molecule has 0 aliphatic rings. The zero-order valence-electron chi connectivity index (χ0n) is 9.36. The van der Waals surface area contributed by atoms with E-state index in [1.165, 1.54) is 25.2 Å². The average Bonchev–Trinajstić information content (AvgIpc) is 2.27. The normalized spacial score (nSPS) is 11.0. The number of carbonyl (C=O) groups excluding carboxylic acids is 1. The second-order valence-corrected chi connectivity index (χ2v) is 5.67. The SMILES string of the molecule is CCOc1ccc(S(=O)(=O)Cl)cc1C(=O)NC. The van der Waals surface area contributed by atoms with Crippen molar-refractivity contribution >= 4 is 25.6 Å². The van der Waals surface area contributed by atoms with Crippen molar-refractivity contribution in [3.05, 3.63) is 23.8 Å². The zero-order chi connectivity index (χ0) is 13.1. The number of nitrogens with one attached hydrogen (secondary N) is 1. The van der Waals surface area contributed by atoms with Gasteiger partial charge in [0.25, 0.3) is 15.0 Å². The van der Waals surface area contributed by atoms with Crippen LogP contribution in [-0.2, 0) is 9.05 Å². The second kappa shape index (κ2) is 5.37. The monoisotopic (exact) mass is 277 g/mol. The molecule has 0 saturated carbocycles. The summed E-state index contributed by atoms with van der Waals surface area (Å²) in [4.78, 5) is 11.4. The molecule has 0 spiro atoms. The van der Waals surface area contributed by atoms with Crippen molar-refractivity contribution in [2.24, 2.45) is 0 Å². The van der Waals surface area contributed by atoms with Crippen LogP contribution in [0.15, 0.2) is 23.1 Å². The molecule has 0 saturated heterocycles. The van der Waals surface area contributed by atoms with Gasteiger partial charge >= 0.3 is 0 Å². The highest BCUT2D eigenvalue weighted by Crippen LogP contribution is 2.24. The first-order valence-electron chi connectivity index (χ1n) is 4.83. The molecule has 0 radical (unpaired) electrons. The molecule has 0 aromatic heterocycles. The molecule has 94 valence electrons. The summed E-state index contributed by atoms with van der Waals surface area (Å²) < 4.78 is 27.5. The van der Waals surface area contributed by atoms with Crippen LogP contribution in [0.1, 0.15) is 17.3 Å². The van der Waals surface area contributed by atoms with Crippen LogP contribution in [0, 0.1) is 0 Å². The minimum atomic E-state index is -3.86. The van der Waals surface area contributed by atoms with Gasteiger partial charge in [-0.3, -0.25) is 4.79 Å². The fourth-order valence-corrected chi connectivity index (χ4v) is 2.03. The van der Waals surface area contributed by atoms with Gasteiger partial charge in [0.1, 0.15) is 5.75 Å². The standard InChI is InChI=1S/C10H12ClNO4S/c1-3-16-9-5-4-7(17(11,14)15)6-8(9)10(13)12-2/h4-6H,3H2,1-2H3,(H,12,13). The van der Waals surface area contributed by atoms with Crippen LogP contribution in [0.2, 0.25) is 0 Å². The van der Waals surface area contributed by atoms with E-state index in [4.69, 9.17) is 15.4 Å². The van der Waals surface area contributed by atoms with Gasteiger partial charge in [0.15, 0.2) is 0 Å². The van der Waals surface area contributed by atoms with Crippen LogP contribution in [0.3, 0.4) is 0 Å². The summed E-state index contributed by atoms with van der Waals surface area (Å²) in [7, 11) is 2.79. The molecule has 0 aliphatic heterocycles. The molecule has 1 aromatic carbocycles. The first-order chi connectivity index (χ1) is 7.90. The molecule has 0 bridgehead atoms. The Morgan fingerprint density at radius 3 is 2.59 bits per heavy atom. The molecular weight excluding hydrogens is 266 g/mol. The number of rotatable bonds is 4. The molecule has 0 aliphatic carbocycles. The van der Waals surface area contributed by atoms with Gasteiger partial charge in [-0.2, -0.15) is 0 Å². The first-order valence-corrected chi connectivity index (χ1v) is 7.14. The Morgan fingerprint density at radius 1 is 1.47 bits per heavy atom. The van der Waals surface area contributed by atoms with Gasteiger partial charge in [-0.15, -0.1) is 0 Å². The second-order valence-electron chi connectivity index (χ2n) is 3.11. The Balaban J connectivity index is 3.34. The summed E-state index contributed by atoms with van der Waals surface area (Å²) in [5.74, 6) is -0.119. The Bertz CT molecular complexity index is 527. The zero-order valence-corrected chi connectivity index (χ0v) is 10.9. The van der Waals surface area contributed by atoms with E-state index in [0.29, 0.717) is 12.4 Å². The maximum absolute atomic E-state index is 11.6. The number of benzene rings is 1.